The summed E-state index contributed by atoms with van der Waals surface area (Å²) in [7, 11) is 0. The number of carbonyl (C=O) groups excluding carboxylic acids is 1. The van der Waals surface area contributed by atoms with E-state index < -0.39 is 0 Å². The average Bonchev–Trinajstić information content (AvgIpc) is 3.30. The van der Waals surface area contributed by atoms with Crippen LogP contribution < -0.4 is 11.1 Å². The molecule has 0 radical (unpaired) electrons. The third-order valence-electron chi connectivity index (χ3n) is 7.52. The standard InChI is InChI=1S/C27H35N5O2/c1-18-17-34-25(21-8-11-26(28)29-15-21)16-32(18)13-12-19-6-9-22(10-7-19)30-27(33)24-14-20-4-2-3-5-23(20)31-24/h2-5,8,11,14-15,18-19,22,25,31H,6-7,9-10,12-13,16-17H2,1H3,(H2,28,29)(H,30,33)/t18-,19?,22?,25+/m0/s1. The van der Waals surface area contributed by atoms with E-state index in [2.05, 4.69) is 27.1 Å². The van der Waals surface area contributed by atoms with Gasteiger partial charge in [-0.25, -0.2) is 4.98 Å². The highest BCUT2D eigenvalue weighted by atomic mass is 16.5. The van der Waals surface area contributed by atoms with Crippen LogP contribution in [0.3, 0.4) is 0 Å². The van der Waals surface area contributed by atoms with E-state index in [9.17, 15) is 4.79 Å². The second kappa shape index (κ2) is 10.2. The molecule has 2 atom stereocenters. The Hall–Kier alpha value is -2.90. The van der Waals surface area contributed by atoms with Crippen LogP contribution in [0.1, 0.15) is 61.2 Å². The summed E-state index contributed by atoms with van der Waals surface area (Å²) in [5.74, 6) is 1.26. The molecule has 0 bridgehead atoms. The zero-order valence-corrected chi connectivity index (χ0v) is 19.9. The van der Waals surface area contributed by atoms with Gasteiger partial charge >= 0.3 is 0 Å². The number of rotatable bonds is 6. The van der Waals surface area contributed by atoms with Gasteiger partial charge in [-0.1, -0.05) is 24.3 Å². The molecule has 1 amide bonds. The number of hydrogen-bond donors (Lipinski definition) is 3. The van der Waals surface area contributed by atoms with Crippen LogP contribution in [-0.2, 0) is 4.74 Å². The molecule has 34 heavy (non-hydrogen) atoms. The van der Waals surface area contributed by atoms with Crippen LogP contribution in [0.4, 0.5) is 5.82 Å². The molecule has 3 aromatic rings. The molecule has 1 aromatic carbocycles. The summed E-state index contributed by atoms with van der Waals surface area (Å²) < 4.78 is 6.08. The van der Waals surface area contributed by atoms with Crippen LogP contribution >= 0.6 is 0 Å². The van der Waals surface area contributed by atoms with Gasteiger partial charge in [0.2, 0.25) is 0 Å². The van der Waals surface area contributed by atoms with Gasteiger partial charge in [0.05, 0.1) is 12.7 Å². The molecule has 2 fully saturated rings. The number of carbonyl (C=O) groups is 1. The molecule has 2 aromatic heterocycles. The summed E-state index contributed by atoms with van der Waals surface area (Å²) >= 11 is 0. The second-order valence-electron chi connectivity index (χ2n) is 9.93. The maximum atomic E-state index is 12.7. The molecule has 0 spiro atoms. The second-order valence-corrected chi connectivity index (χ2v) is 9.93. The van der Waals surface area contributed by atoms with E-state index in [4.69, 9.17) is 10.5 Å². The Balaban J connectivity index is 1.08. The van der Waals surface area contributed by atoms with Gasteiger partial charge in [0.25, 0.3) is 5.91 Å². The minimum atomic E-state index is 0.00462. The molecule has 4 N–H and O–H groups in total. The number of aromatic amines is 1. The number of amides is 1. The number of pyridine rings is 1. The van der Waals surface area contributed by atoms with Crippen LogP contribution in [0.25, 0.3) is 10.9 Å². The third kappa shape index (κ3) is 5.26. The lowest BCUT2D eigenvalue weighted by Gasteiger charge is -2.39. The number of hydrogen-bond acceptors (Lipinski definition) is 5. The number of fused-ring (bicyclic) bond motifs is 1. The maximum absolute atomic E-state index is 12.7. The highest BCUT2D eigenvalue weighted by molar-refractivity contribution is 5.98. The lowest BCUT2D eigenvalue weighted by atomic mass is 9.84. The summed E-state index contributed by atoms with van der Waals surface area (Å²) in [6.07, 6.45) is 7.52. The quantitative estimate of drug-likeness (QED) is 0.509. The Morgan fingerprint density at radius 1 is 1.21 bits per heavy atom. The van der Waals surface area contributed by atoms with Crippen molar-refractivity contribution in [3.05, 3.63) is 59.9 Å². The van der Waals surface area contributed by atoms with Crippen molar-refractivity contribution < 1.29 is 9.53 Å². The van der Waals surface area contributed by atoms with Crippen LogP contribution in [0.5, 0.6) is 0 Å². The molecule has 2 aliphatic rings. The van der Waals surface area contributed by atoms with Crippen molar-refractivity contribution in [3.8, 4) is 0 Å². The van der Waals surface area contributed by atoms with Crippen molar-refractivity contribution >= 4 is 22.6 Å². The smallest absolute Gasteiger partial charge is 0.267 e. The van der Waals surface area contributed by atoms with Gasteiger partial charge in [-0.05, 0) is 69.7 Å². The normalized spacial score (nSPS) is 25.9. The molecule has 1 saturated heterocycles. The number of morpholine rings is 1. The zero-order chi connectivity index (χ0) is 23.5. The van der Waals surface area contributed by atoms with Crippen LogP contribution in [0, 0.1) is 5.92 Å². The fourth-order valence-corrected chi connectivity index (χ4v) is 5.33. The van der Waals surface area contributed by atoms with Gasteiger partial charge < -0.3 is 20.8 Å². The van der Waals surface area contributed by atoms with E-state index in [1.807, 2.05) is 48.7 Å². The van der Waals surface area contributed by atoms with Crippen LogP contribution in [0.15, 0.2) is 48.7 Å². The van der Waals surface area contributed by atoms with Gasteiger partial charge in [-0.2, -0.15) is 0 Å². The maximum Gasteiger partial charge on any atom is 0.267 e. The number of para-hydroxylation sites is 1. The summed E-state index contributed by atoms with van der Waals surface area (Å²) in [6, 6.07) is 14.5. The van der Waals surface area contributed by atoms with Gasteiger partial charge in [0.15, 0.2) is 0 Å². The SMILES string of the molecule is C[C@H]1CO[C@@H](c2ccc(N)nc2)CN1CCC1CCC(NC(=O)c2cc3ccccc3[nH]2)CC1. The Labute approximate surface area is 201 Å². The van der Waals surface area contributed by atoms with Crippen molar-refractivity contribution in [2.75, 3.05) is 25.4 Å². The van der Waals surface area contributed by atoms with Gasteiger partial charge in [0, 0.05) is 41.3 Å². The number of nitrogens with one attached hydrogen (secondary N) is 2. The number of H-pyrrole nitrogens is 1. The minimum Gasteiger partial charge on any atom is -0.384 e. The van der Waals surface area contributed by atoms with Crippen molar-refractivity contribution in [2.45, 2.75) is 57.2 Å². The number of ether oxygens (including phenoxy) is 1. The number of nitrogens with zero attached hydrogens (tertiary/aromatic N) is 2. The largest absolute Gasteiger partial charge is 0.384 e. The Kier molecular flexibility index (Phi) is 6.83. The fourth-order valence-electron chi connectivity index (χ4n) is 5.33. The van der Waals surface area contributed by atoms with E-state index in [1.54, 1.807) is 0 Å². The molecule has 1 aliphatic heterocycles. The Bertz CT molecular complexity index is 1070. The molecule has 1 aliphatic carbocycles. The van der Waals surface area contributed by atoms with Crippen molar-refractivity contribution in [1.82, 2.24) is 20.2 Å². The molecular weight excluding hydrogens is 426 g/mol. The molecule has 7 heteroatoms. The van der Waals surface area contributed by atoms with Crippen molar-refractivity contribution in [1.29, 1.82) is 0 Å². The highest BCUT2D eigenvalue weighted by Gasteiger charge is 2.29. The third-order valence-corrected chi connectivity index (χ3v) is 7.52. The molecule has 180 valence electrons. The minimum absolute atomic E-state index is 0.00462. The highest BCUT2D eigenvalue weighted by Crippen LogP contribution is 2.30. The number of benzene rings is 1. The monoisotopic (exact) mass is 461 g/mol. The van der Waals surface area contributed by atoms with E-state index in [-0.39, 0.29) is 18.1 Å². The topological polar surface area (TPSA) is 96.3 Å². The van der Waals surface area contributed by atoms with E-state index in [0.29, 0.717) is 23.5 Å². The lowest BCUT2D eigenvalue weighted by molar-refractivity contribution is -0.0618. The number of nitrogen functional groups attached to an aromatic ring is 1. The van der Waals surface area contributed by atoms with Gasteiger partial charge in [-0.3, -0.25) is 9.69 Å². The summed E-state index contributed by atoms with van der Waals surface area (Å²) in [5.41, 5.74) is 8.48. The van der Waals surface area contributed by atoms with Gasteiger partial charge in [-0.15, -0.1) is 0 Å². The molecule has 3 heterocycles. The predicted molar refractivity (Wildman–Crippen MR) is 135 cm³/mol. The molecular formula is C27H35N5O2. The van der Waals surface area contributed by atoms with E-state index in [0.717, 1.165) is 49.0 Å². The van der Waals surface area contributed by atoms with Gasteiger partial charge in [0.1, 0.15) is 11.5 Å². The molecule has 1 saturated carbocycles. The lowest BCUT2D eigenvalue weighted by Crippen LogP contribution is -2.46. The zero-order valence-electron chi connectivity index (χ0n) is 19.9. The Morgan fingerprint density at radius 3 is 2.79 bits per heavy atom. The van der Waals surface area contributed by atoms with Crippen molar-refractivity contribution in [3.63, 3.8) is 0 Å². The number of anilines is 1. The van der Waals surface area contributed by atoms with Crippen LogP contribution in [-0.4, -0.2) is 52.6 Å². The summed E-state index contributed by atoms with van der Waals surface area (Å²) in [4.78, 5) is 22.7. The first kappa shape index (κ1) is 22.9. The van der Waals surface area contributed by atoms with E-state index >= 15 is 0 Å². The fraction of sp³-hybridized carbons (Fsp3) is 0.481. The number of aromatic nitrogens is 2. The molecule has 7 nitrogen and oxygen atoms in total. The summed E-state index contributed by atoms with van der Waals surface area (Å²) in [5, 5.41) is 4.32. The average molecular weight is 462 g/mol. The molecule has 0 unspecified atom stereocenters. The Morgan fingerprint density at radius 2 is 2.03 bits per heavy atom. The number of nitrogens with two attached hydrogens (primary N) is 1. The summed E-state index contributed by atoms with van der Waals surface area (Å²) in [6.45, 7) is 4.96. The molecule has 5 rings (SSSR count). The first-order chi connectivity index (χ1) is 16.5. The first-order valence-electron chi connectivity index (χ1n) is 12.5. The van der Waals surface area contributed by atoms with E-state index in [1.165, 1.54) is 19.3 Å². The predicted octanol–water partition coefficient (Wildman–Crippen LogP) is 4.29. The first-order valence-corrected chi connectivity index (χ1v) is 12.5. The van der Waals surface area contributed by atoms with Crippen LogP contribution in [0.2, 0.25) is 0 Å². The van der Waals surface area contributed by atoms with Crippen molar-refractivity contribution in [2.24, 2.45) is 5.92 Å².